The number of rotatable bonds is 7. The second-order valence-corrected chi connectivity index (χ2v) is 11.2. The lowest BCUT2D eigenvalue weighted by Gasteiger charge is -2.31. The van der Waals surface area contributed by atoms with Gasteiger partial charge < -0.3 is 10.6 Å². The van der Waals surface area contributed by atoms with Crippen molar-refractivity contribution in [3.8, 4) is 0 Å². The van der Waals surface area contributed by atoms with Crippen LogP contribution in [0.2, 0.25) is 0 Å². The van der Waals surface area contributed by atoms with E-state index in [2.05, 4.69) is 36.1 Å². The van der Waals surface area contributed by atoms with Crippen LogP contribution in [0, 0.1) is 6.92 Å². The maximum absolute atomic E-state index is 13.1. The zero-order chi connectivity index (χ0) is 25.0. The number of benzene rings is 2. The first-order valence-corrected chi connectivity index (χ1v) is 13.2. The van der Waals surface area contributed by atoms with Crippen molar-refractivity contribution < 1.29 is 13.2 Å². The number of carbonyl (C=O) groups is 1. The van der Waals surface area contributed by atoms with Gasteiger partial charge in [0.25, 0.3) is 0 Å². The molecule has 0 aromatic heterocycles. The van der Waals surface area contributed by atoms with Crippen LogP contribution < -0.4 is 10.6 Å². The van der Waals surface area contributed by atoms with Crippen LogP contribution in [-0.2, 0) is 28.6 Å². The van der Waals surface area contributed by atoms with E-state index in [1.807, 2.05) is 44.2 Å². The van der Waals surface area contributed by atoms with Crippen LogP contribution in [0.15, 0.2) is 65.6 Å². The van der Waals surface area contributed by atoms with Gasteiger partial charge in [0, 0.05) is 18.3 Å². The molecule has 2 amide bonds. The number of nitrogens with one attached hydrogen (secondary N) is 2. The van der Waals surface area contributed by atoms with Gasteiger partial charge in [0.2, 0.25) is 0 Å². The lowest BCUT2D eigenvalue weighted by Crippen LogP contribution is -2.36. The number of hydrogen-bond acceptors (Lipinski definition) is 4. The van der Waals surface area contributed by atoms with Crippen LogP contribution >= 0.6 is 0 Å². The fourth-order valence-electron chi connectivity index (χ4n) is 4.09. The van der Waals surface area contributed by atoms with E-state index in [1.165, 1.54) is 11.1 Å². The largest absolute Gasteiger partial charge is 0.331 e. The van der Waals surface area contributed by atoms with Gasteiger partial charge in [0.15, 0.2) is 9.84 Å². The number of likely N-dealkylation sites (N-methyl/N-ethyl adjacent to an activating group) is 1. The number of hydrogen-bond donors (Lipinski definition) is 2. The lowest BCUT2D eigenvalue weighted by molar-refractivity contribution is 0.231. The Morgan fingerprint density at radius 2 is 1.97 bits per heavy atom. The molecule has 0 aliphatic carbocycles. The molecule has 7 heteroatoms. The first-order chi connectivity index (χ1) is 16.0. The van der Waals surface area contributed by atoms with Gasteiger partial charge in [0.05, 0.1) is 16.7 Å². The Morgan fingerprint density at radius 3 is 2.65 bits per heavy atom. The third-order valence-corrected chi connectivity index (χ3v) is 8.09. The fraction of sp³-hybridized carbons (Fsp3) is 0.370. The third-order valence-electron chi connectivity index (χ3n) is 6.40. The van der Waals surface area contributed by atoms with E-state index < -0.39 is 9.84 Å². The maximum Gasteiger partial charge on any atom is 0.319 e. The molecule has 0 saturated heterocycles. The normalized spacial score (nSPS) is 17.3. The maximum atomic E-state index is 13.1. The number of urea groups is 1. The molecular weight excluding hydrogens is 446 g/mol. The van der Waals surface area contributed by atoms with Crippen LogP contribution in [0.1, 0.15) is 43.0 Å². The van der Waals surface area contributed by atoms with Crippen LogP contribution in [-0.4, -0.2) is 38.5 Å². The second-order valence-electron chi connectivity index (χ2n) is 9.20. The standard InChI is InChI=1S/C27H35N3O3S/c1-7-8-18(2)21(5)28-27(31)29-26-12-11-25(13-19(26)3)34(32,33)17-22-9-10-23-16-30(6)20(4)14-24(23)15-22/h7-13,15,20-21H,2,14,16-17H2,1,3-6H3,(H2,28,29,31)/b8-7-. The number of carbonyl (C=O) groups excluding carboxylic acids is 1. The Bertz CT molecular complexity index is 1220. The molecule has 0 saturated carbocycles. The highest BCUT2D eigenvalue weighted by molar-refractivity contribution is 7.90. The Hall–Kier alpha value is -2.90. The van der Waals surface area contributed by atoms with Gasteiger partial charge in [-0.2, -0.15) is 0 Å². The fourth-order valence-corrected chi connectivity index (χ4v) is 5.51. The SMILES string of the molecule is C=C(/C=C\C)C(C)NC(=O)Nc1ccc(S(=O)(=O)Cc2ccc3c(c2)CC(C)N(C)C3)cc1C. The molecule has 0 spiro atoms. The summed E-state index contributed by atoms with van der Waals surface area (Å²) >= 11 is 0. The Morgan fingerprint density at radius 1 is 1.24 bits per heavy atom. The van der Waals surface area contributed by atoms with Gasteiger partial charge in [0.1, 0.15) is 0 Å². The number of aryl methyl sites for hydroxylation is 1. The molecule has 2 aromatic rings. The average molecular weight is 482 g/mol. The van der Waals surface area contributed by atoms with E-state index in [1.54, 1.807) is 25.1 Å². The van der Waals surface area contributed by atoms with Crippen molar-refractivity contribution in [3.05, 3.63) is 83.0 Å². The molecule has 2 unspecified atom stereocenters. The lowest BCUT2D eigenvalue weighted by atomic mass is 9.94. The van der Waals surface area contributed by atoms with E-state index in [4.69, 9.17) is 0 Å². The van der Waals surface area contributed by atoms with Gasteiger partial charge >= 0.3 is 6.03 Å². The molecule has 2 atom stereocenters. The molecule has 182 valence electrons. The van der Waals surface area contributed by atoms with Gasteiger partial charge in [-0.05, 0) is 87.2 Å². The van der Waals surface area contributed by atoms with Gasteiger partial charge in [-0.1, -0.05) is 36.9 Å². The first-order valence-electron chi connectivity index (χ1n) is 11.5. The number of amides is 2. The highest BCUT2D eigenvalue weighted by Crippen LogP contribution is 2.26. The molecule has 1 aliphatic heterocycles. The summed E-state index contributed by atoms with van der Waals surface area (Å²) in [5, 5.41) is 5.62. The molecule has 0 radical (unpaired) electrons. The molecule has 34 heavy (non-hydrogen) atoms. The number of fused-ring (bicyclic) bond motifs is 1. The minimum Gasteiger partial charge on any atom is -0.331 e. The number of nitrogens with zero attached hydrogens (tertiary/aromatic N) is 1. The molecule has 0 fully saturated rings. The zero-order valence-electron chi connectivity index (χ0n) is 20.7. The molecule has 1 aliphatic rings. The van der Waals surface area contributed by atoms with Crippen molar-refractivity contribution in [2.45, 2.75) is 63.4 Å². The highest BCUT2D eigenvalue weighted by atomic mass is 32.2. The van der Waals surface area contributed by atoms with Gasteiger partial charge in [-0.3, -0.25) is 4.90 Å². The minimum atomic E-state index is -3.53. The van der Waals surface area contributed by atoms with Crippen LogP contribution in [0.5, 0.6) is 0 Å². The molecular formula is C27H35N3O3S. The summed E-state index contributed by atoms with van der Waals surface area (Å²) in [7, 11) is -1.42. The highest BCUT2D eigenvalue weighted by Gasteiger charge is 2.22. The van der Waals surface area contributed by atoms with E-state index >= 15 is 0 Å². The molecule has 6 nitrogen and oxygen atoms in total. The van der Waals surface area contributed by atoms with Crippen molar-refractivity contribution in [2.24, 2.45) is 0 Å². The van der Waals surface area contributed by atoms with Gasteiger partial charge in [-0.25, -0.2) is 13.2 Å². The Kier molecular flexibility index (Phi) is 8.00. The topological polar surface area (TPSA) is 78.5 Å². The number of allylic oxidation sites excluding steroid dienone is 1. The monoisotopic (exact) mass is 481 g/mol. The van der Waals surface area contributed by atoms with Crippen molar-refractivity contribution in [1.82, 2.24) is 10.2 Å². The summed E-state index contributed by atoms with van der Waals surface area (Å²) in [6, 6.07) is 10.6. The van der Waals surface area contributed by atoms with E-state index in [-0.39, 0.29) is 22.7 Å². The molecule has 3 rings (SSSR count). The Labute approximate surface area is 203 Å². The van der Waals surface area contributed by atoms with E-state index in [0.717, 1.165) is 24.1 Å². The summed E-state index contributed by atoms with van der Waals surface area (Å²) < 4.78 is 26.3. The second kappa shape index (κ2) is 10.6. The van der Waals surface area contributed by atoms with Gasteiger partial charge in [-0.15, -0.1) is 0 Å². The molecule has 1 heterocycles. The van der Waals surface area contributed by atoms with E-state index in [0.29, 0.717) is 17.3 Å². The predicted molar refractivity (Wildman–Crippen MR) is 139 cm³/mol. The minimum absolute atomic E-state index is 0.0538. The summed E-state index contributed by atoms with van der Waals surface area (Å²) in [6.07, 6.45) is 4.63. The summed E-state index contributed by atoms with van der Waals surface area (Å²) in [5.74, 6) is -0.0538. The predicted octanol–water partition coefficient (Wildman–Crippen LogP) is 4.99. The van der Waals surface area contributed by atoms with Crippen molar-refractivity contribution in [3.63, 3.8) is 0 Å². The summed E-state index contributed by atoms with van der Waals surface area (Å²) in [6.45, 7) is 12.5. The van der Waals surface area contributed by atoms with Crippen LogP contribution in [0.3, 0.4) is 0 Å². The number of sulfone groups is 1. The molecule has 2 aromatic carbocycles. The number of anilines is 1. The average Bonchev–Trinajstić information content (AvgIpc) is 2.76. The third kappa shape index (κ3) is 6.15. The van der Waals surface area contributed by atoms with E-state index in [9.17, 15) is 13.2 Å². The Balaban J connectivity index is 1.70. The smallest absolute Gasteiger partial charge is 0.319 e. The van der Waals surface area contributed by atoms with Crippen LogP contribution in [0.25, 0.3) is 0 Å². The summed E-state index contributed by atoms with van der Waals surface area (Å²) in [5.41, 5.74) is 5.32. The molecule has 2 N–H and O–H groups in total. The van der Waals surface area contributed by atoms with Crippen molar-refractivity contribution in [1.29, 1.82) is 0 Å². The quantitative estimate of drug-likeness (QED) is 0.546. The van der Waals surface area contributed by atoms with Crippen LogP contribution in [0.4, 0.5) is 10.5 Å². The first kappa shape index (κ1) is 25.7. The zero-order valence-corrected chi connectivity index (χ0v) is 21.5. The van der Waals surface area contributed by atoms with Crippen molar-refractivity contribution in [2.75, 3.05) is 12.4 Å². The molecule has 0 bridgehead atoms. The van der Waals surface area contributed by atoms with Crippen molar-refractivity contribution >= 4 is 21.6 Å². The summed E-state index contributed by atoms with van der Waals surface area (Å²) in [4.78, 5) is 14.9.